The van der Waals surface area contributed by atoms with E-state index in [0.29, 0.717) is 13.1 Å². The number of rotatable bonds is 9. The van der Waals surface area contributed by atoms with Gasteiger partial charge in [0.15, 0.2) is 5.70 Å². The molecule has 3 atom stereocenters. The highest BCUT2D eigenvalue weighted by molar-refractivity contribution is 6.06. The van der Waals surface area contributed by atoms with Crippen LogP contribution in [0, 0.1) is 0 Å². The molecule has 0 N–H and O–H groups in total. The van der Waals surface area contributed by atoms with Gasteiger partial charge in [-0.25, -0.2) is 14.6 Å². The van der Waals surface area contributed by atoms with Gasteiger partial charge in [0.1, 0.15) is 6.04 Å². The molecule has 0 radical (unpaired) electrons. The van der Waals surface area contributed by atoms with Crippen molar-refractivity contribution in [3.05, 3.63) is 108 Å². The van der Waals surface area contributed by atoms with E-state index in [1.807, 2.05) is 65.6 Å². The smallest absolute Gasteiger partial charge is 0.356 e. The summed E-state index contributed by atoms with van der Waals surface area (Å²) in [7, 11) is 2.47. The lowest BCUT2D eigenvalue weighted by atomic mass is 9.92. The first kappa shape index (κ1) is 25.1. The summed E-state index contributed by atoms with van der Waals surface area (Å²) in [5.41, 5.74) is 1.51. The Balaban J connectivity index is 2.01. The number of hydrogen-bond acceptors (Lipinski definition) is 7. The molecule has 4 rings (SSSR count). The number of fused-ring (bicyclic) bond motifs is 1. The zero-order chi connectivity index (χ0) is 25.8. The van der Waals surface area contributed by atoms with Gasteiger partial charge in [-0.15, -0.1) is 13.2 Å². The van der Waals surface area contributed by atoms with Gasteiger partial charge in [0.25, 0.3) is 5.91 Å². The van der Waals surface area contributed by atoms with Crippen molar-refractivity contribution in [2.45, 2.75) is 18.1 Å². The predicted molar refractivity (Wildman–Crippen MR) is 134 cm³/mol. The predicted octanol–water partition coefficient (Wildman–Crippen LogP) is 3.18. The van der Waals surface area contributed by atoms with Crippen LogP contribution in [0.4, 0.5) is 0 Å². The SMILES string of the molecule is C=CCN(CC=C)[C@H]1C(=O)N2C(C(=O)OC)=C(C(=O)OC)[C@H](c3ccccc3)N2[C@@H]1c1ccccc1. The number of carbonyl (C=O) groups is 3. The average molecular weight is 488 g/mol. The van der Waals surface area contributed by atoms with Crippen LogP contribution in [-0.4, -0.2) is 66.1 Å². The fourth-order valence-electron chi connectivity index (χ4n) is 5.06. The van der Waals surface area contributed by atoms with Gasteiger partial charge in [0.2, 0.25) is 0 Å². The second-order valence-corrected chi connectivity index (χ2v) is 8.42. The van der Waals surface area contributed by atoms with E-state index in [-0.39, 0.29) is 17.2 Å². The van der Waals surface area contributed by atoms with Crippen LogP contribution >= 0.6 is 0 Å². The Kier molecular flexibility index (Phi) is 7.47. The van der Waals surface area contributed by atoms with Crippen LogP contribution in [-0.2, 0) is 23.9 Å². The van der Waals surface area contributed by atoms with Crippen molar-refractivity contribution in [1.29, 1.82) is 0 Å². The Labute approximate surface area is 210 Å². The van der Waals surface area contributed by atoms with Gasteiger partial charge in [0.05, 0.1) is 31.9 Å². The summed E-state index contributed by atoms with van der Waals surface area (Å²) in [6, 6.07) is 16.8. The zero-order valence-corrected chi connectivity index (χ0v) is 20.4. The molecule has 1 saturated heterocycles. The number of esters is 2. The summed E-state index contributed by atoms with van der Waals surface area (Å²) < 4.78 is 10.2. The molecule has 1 amide bonds. The minimum Gasteiger partial charge on any atom is -0.466 e. The normalized spacial score (nSPS) is 21.5. The zero-order valence-electron chi connectivity index (χ0n) is 20.4. The lowest BCUT2D eigenvalue weighted by molar-refractivity contribution is -0.147. The van der Waals surface area contributed by atoms with E-state index >= 15 is 0 Å². The highest BCUT2D eigenvalue weighted by atomic mass is 16.5. The standard InChI is InChI=1S/C28H29N3O5/c1-5-17-29(18-6-2)25-23(20-15-11-8-12-16-20)30-22(19-13-9-7-10-14-19)21(27(33)35-3)24(28(34)36-4)31(30)26(25)32/h5-16,22-23,25H,1-2,17-18H2,3-4H3/t22-,23+,25+/m0/s1. The van der Waals surface area contributed by atoms with E-state index in [1.165, 1.54) is 19.2 Å². The molecule has 36 heavy (non-hydrogen) atoms. The largest absolute Gasteiger partial charge is 0.466 e. The second-order valence-electron chi connectivity index (χ2n) is 8.42. The Morgan fingerprint density at radius 3 is 1.92 bits per heavy atom. The number of ether oxygens (including phenoxy) is 2. The third-order valence-electron chi connectivity index (χ3n) is 6.44. The summed E-state index contributed by atoms with van der Waals surface area (Å²) in [5.74, 6) is -1.85. The van der Waals surface area contributed by atoms with E-state index in [4.69, 9.17) is 9.47 Å². The van der Waals surface area contributed by atoms with Crippen molar-refractivity contribution in [1.82, 2.24) is 14.9 Å². The Morgan fingerprint density at radius 2 is 1.42 bits per heavy atom. The Hall–Kier alpha value is -4.01. The molecule has 2 aromatic rings. The van der Waals surface area contributed by atoms with Crippen LogP contribution < -0.4 is 0 Å². The molecule has 0 aliphatic carbocycles. The lowest BCUT2D eigenvalue weighted by Crippen LogP contribution is -2.45. The minimum atomic E-state index is -0.793. The van der Waals surface area contributed by atoms with Crippen LogP contribution in [0.2, 0.25) is 0 Å². The third kappa shape index (κ3) is 4.14. The van der Waals surface area contributed by atoms with Crippen LogP contribution in [0.5, 0.6) is 0 Å². The summed E-state index contributed by atoms with van der Waals surface area (Å²) in [4.78, 5) is 42.4. The van der Waals surface area contributed by atoms with Crippen LogP contribution in [0.15, 0.2) is 97.2 Å². The molecule has 8 heteroatoms. The maximum absolute atomic E-state index is 14.2. The molecule has 2 aliphatic rings. The number of hydrogen-bond donors (Lipinski definition) is 0. The number of benzene rings is 2. The lowest BCUT2D eigenvalue weighted by Gasteiger charge is -2.35. The van der Waals surface area contributed by atoms with Crippen LogP contribution in [0.25, 0.3) is 0 Å². The van der Waals surface area contributed by atoms with E-state index in [0.717, 1.165) is 11.1 Å². The first-order valence-electron chi connectivity index (χ1n) is 11.6. The van der Waals surface area contributed by atoms with E-state index in [2.05, 4.69) is 13.2 Å². The highest BCUT2D eigenvalue weighted by Crippen LogP contribution is 2.52. The van der Waals surface area contributed by atoms with Crippen LogP contribution in [0.1, 0.15) is 23.2 Å². The summed E-state index contributed by atoms with van der Waals surface area (Å²) in [6.45, 7) is 8.55. The number of amides is 1. The Bertz CT molecular complexity index is 1180. The summed E-state index contributed by atoms with van der Waals surface area (Å²) in [5, 5.41) is 3.10. The van der Waals surface area contributed by atoms with E-state index in [9.17, 15) is 14.4 Å². The van der Waals surface area contributed by atoms with Crippen molar-refractivity contribution in [2.75, 3.05) is 27.3 Å². The third-order valence-corrected chi connectivity index (χ3v) is 6.44. The van der Waals surface area contributed by atoms with Gasteiger partial charge in [-0.3, -0.25) is 9.69 Å². The molecule has 2 aromatic carbocycles. The van der Waals surface area contributed by atoms with Gasteiger partial charge < -0.3 is 9.47 Å². The van der Waals surface area contributed by atoms with Crippen molar-refractivity contribution < 1.29 is 23.9 Å². The molecule has 8 nitrogen and oxygen atoms in total. The average Bonchev–Trinajstić information content (AvgIpc) is 3.41. The van der Waals surface area contributed by atoms with E-state index in [1.54, 1.807) is 17.2 Å². The maximum atomic E-state index is 14.2. The number of hydrazine groups is 1. The monoisotopic (exact) mass is 487 g/mol. The topological polar surface area (TPSA) is 79.4 Å². The van der Waals surface area contributed by atoms with Crippen LogP contribution in [0.3, 0.4) is 0 Å². The van der Waals surface area contributed by atoms with E-state index < -0.39 is 30.1 Å². The van der Waals surface area contributed by atoms with Crippen molar-refractivity contribution in [2.24, 2.45) is 0 Å². The highest BCUT2D eigenvalue weighted by Gasteiger charge is 2.60. The molecule has 0 unspecified atom stereocenters. The molecular weight excluding hydrogens is 458 g/mol. The van der Waals surface area contributed by atoms with Crippen molar-refractivity contribution in [3.63, 3.8) is 0 Å². The molecule has 0 saturated carbocycles. The maximum Gasteiger partial charge on any atom is 0.356 e. The van der Waals surface area contributed by atoms with Gasteiger partial charge in [-0.2, -0.15) is 5.01 Å². The molecule has 0 bridgehead atoms. The quantitative estimate of drug-likeness (QED) is 0.397. The number of nitrogens with zero attached hydrogens (tertiary/aromatic N) is 3. The first-order valence-corrected chi connectivity index (χ1v) is 11.6. The molecule has 1 fully saturated rings. The summed E-state index contributed by atoms with van der Waals surface area (Å²) >= 11 is 0. The first-order chi connectivity index (χ1) is 17.5. The molecule has 186 valence electrons. The van der Waals surface area contributed by atoms with Gasteiger partial charge in [-0.1, -0.05) is 72.8 Å². The second kappa shape index (κ2) is 10.7. The number of methoxy groups -OCH3 is 2. The molecule has 2 aliphatic heterocycles. The van der Waals surface area contributed by atoms with Gasteiger partial charge in [0, 0.05) is 13.1 Å². The molecular formula is C28H29N3O5. The van der Waals surface area contributed by atoms with Crippen molar-refractivity contribution >= 4 is 17.8 Å². The van der Waals surface area contributed by atoms with Gasteiger partial charge in [-0.05, 0) is 11.1 Å². The fourth-order valence-corrected chi connectivity index (χ4v) is 5.06. The van der Waals surface area contributed by atoms with Crippen molar-refractivity contribution in [3.8, 4) is 0 Å². The minimum absolute atomic E-state index is 0.0577. The summed E-state index contributed by atoms with van der Waals surface area (Å²) in [6.07, 6.45) is 3.45. The number of carbonyl (C=O) groups excluding carboxylic acids is 3. The molecule has 0 spiro atoms. The molecule has 2 heterocycles. The molecule has 0 aromatic heterocycles. The van der Waals surface area contributed by atoms with Gasteiger partial charge >= 0.3 is 11.9 Å². The Morgan fingerprint density at radius 1 is 0.889 bits per heavy atom. The fraction of sp³-hybridized carbons (Fsp3) is 0.250.